The first-order valence-corrected chi connectivity index (χ1v) is 20.4. The Bertz CT molecular complexity index is 3470. The monoisotopic (exact) mass is 769 g/mol. The fraction of sp³-hybridized carbons (Fsp3) is 0.0364. The van der Waals surface area contributed by atoms with E-state index >= 15 is 0 Å². The highest BCUT2D eigenvalue weighted by Crippen LogP contribution is 2.41. The third-order valence-corrected chi connectivity index (χ3v) is 11.9. The lowest BCUT2D eigenvalue weighted by atomic mass is 9.88. The maximum absolute atomic E-state index is 6.47. The maximum Gasteiger partial charge on any atom is 0.164 e. The lowest BCUT2D eigenvalue weighted by molar-refractivity contribution is 0.668. The number of fused-ring (bicyclic) bond motifs is 7. The van der Waals surface area contributed by atoms with Gasteiger partial charge in [-0.05, 0) is 99.3 Å². The largest absolute Gasteiger partial charge is 0.456 e. The molecule has 60 heavy (non-hydrogen) atoms. The minimum absolute atomic E-state index is 0.623. The third-order valence-electron chi connectivity index (χ3n) is 11.9. The molecule has 0 radical (unpaired) electrons. The van der Waals surface area contributed by atoms with Crippen molar-refractivity contribution in [3.63, 3.8) is 0 Å². The van der Waals surface area contributed by atoms with Gasteiger partial charge in [0.15, 0.2) is 17.5 Å². The van der Waals surface area contributed by atoms with E-state index in [2.05, 4.69) is 146 Å². The van der Waals surface area contributed by atoms with Crippen molar-refractivity contribution in [2.24, 2.45) is 0 Å². The van der Waals surface area contributed by atoms with Gasteiger partial charge in [0.05, 0.1) is 0 Å². The molecule has 0 fully saturated rings. The van der Waals surface area contributed by atoms with Crippen LogP contribution in [0.2, 0.25) is 0 Å². The number of benzene rings is 8. The zero-order valence-electron chi connectivity index (χ0n) is 32.5. The highest BCUT2D eigenvalue weighted by molar-refractivity contribution is 6.13. The van der Waals surface area contributed by atoms with E-state index in [9.17, 15) is 0 Å². The fourth-order valence-corrected chi connectivity index (χ4v) is 8.89. The summed E-state index contributed by atoms with van der Waals surface area (Å²) in [5.74, 6) is 1.95. The second kappa shape index (κ2) is 13.9. The summed E-state index contributed by atoms with van der Waals surface area (Å²) in [5.41, 5.74) is 15.8. The van der Waals surface area contributed by atoms with Gasteiger partial charge in [-0.2, -0.15) is 0 Å². The van der Waals surface area contributed by atoms with Crippen molar-refractivity contribution in [3.8, 4) is 56.2 Å². The fourth-order valence-electron chi connectivity index (χ4n) is 8.89. The summed E-state index contributed by atoms with van der Waals surface area (Å²) in [6.07, 6.45) is 3.92. The highest BCUT2D eigenvalue weighted by Gasteiger charge is 2.22. The molecule has 5 nitrogen and oxygen atoms in total. The average molecular weight is 770 g/mol. The van der Waals surface area contributed by atoms with E-state index in [1.165, 1.54) is 33.4 Å². The topological polar surface area (TPSA) is 65.0 Å². The first-order chi connectivity index (χ1) is 29.7. The van der Waals surface area contributed by atoms with E-state index in [1.54, 1.807) is 0 Å². The van der Waals surface area contributed by atoms with Crippen molar-refractivity contribution in [2.75, 3.05) is 0 Å². The van der Waals surface area contributed by atoms with Gasteiger partial charge in [0.25, 0.3) is 0 Å². The second-order valence-corrected chi connectivity index (χ2v) is 15.5. The van der Waals surface area contributed by atoms with Gasteiger partial charge in [-0.1, -0.05) is 152 Å². The van der Waals surface area contributed by atoms with E-state index in [4.69, 9.17) is 23.8 Å². The molecule has 0 amide bonds. The van der Waals surface area contributed by atoms with Gasteiger partial charge in [-0.25, -0.2) is 15.0 Å². The Hall–Kier alpha value is -7.89. The van der Waals surface area contributed by atoms with Crippen LogP contribution in [0.1, 0.15) is 23.4 Å². The van der Waals surface area contributed by atoms with Gasteiger partial charge in [0.1, 0.15) is 22.3 Å². The van der Waals surface area contributed by atoms with Crippen molar-refractivity contribution < 1.29 is 8.83 Å². The molecule has 5 heteroatoms. The van der Waals surface area contributed by atoms with Crippen LogP contribution >= 0.6 is 0 Å². The Morgan fingerprint density at radius 2 is 0.917 bits per heavy atom. The molecule has 0 atom stereocenters. The Balaban J connectivity index is 0.950. The molecule has 1 aliphatic rings. The summed E-state index contributed by atoms with van der Waals surface area (Å²) in [5, 5.41) is 4.30. The molecule has 3 heterocycles. The van der Waals surface area contributed by atoms with Crippen LogP contribution in [0.3, 0.4) is 0 Å². The molecule has 0 saturated heterocycles. The third kappa shape index (κ3) is 5.82. The molecule has 0 bridgehead atoms. The van der Waals surface area contributed by atoms with Gasteiger partial charge >= 0.3 is 0 Å². The first kappa shape index (κ1) is 34.2. The molecule has 8 aromatic carbocycles. The molecular weight excluding hydrogens is 735 g/mol. The molecule has 0 unspecified atom stereocenters. The summed E-state index contributed by atoms with van der Waals surface area (Å²) in [7, 11) is 0. The number of rotatable bonds is 6. The predicted octanol–water partition coefficient (Wildman–Crippen LogP) is 14.5. The average Bonchev–Trinajstić information content (AvgIpc) is 3.90. The van der Waals surface area contributed by atoms with Crippen LogP contribution in [0.5, 0.6) is 0 Å². The quantitative estimate of drug-likeness (QED) is 0.168. The minimum Gasteiger partial charge on any atom is -0.456 e. The van der Waals surface area contributed by atoms with E-state index in [1.807, 2.05) is 42.5 Å². The standard InChI is InChI=1S/C55H35N3O2/c1-3-11-34(12-4-1)36-21-23-37(24-22-36)53-56-54(58-55(57-53)46-17-10-20-49-52(46)44-15-7-8-18-47(44)59-49)42-28-26-38-31-41(27-25-39(38)32-42)43-16-9-19-48-51(43)45-30-29-40(33-50(45)60-48)35-13-5-2-6-14-35/h1-25,27,29-33H,26,28H2. The molecular formula is C55H35N3O2. The molecule has 12 rings (SSSR count). The second-order valence-electron chi connectivity index (χ2n) is 15.5. The van der Waals surface area contributed by atoms with Crippen molar-refractivity contribution in [1.29, 1.82) is 0 Å². The van der Waals surface area contributed by atoms with E-state index < -0.39 is 0 Å². The normalized spacial score (nSPS) is 12.6. The van der Waals surface area contributed by atoms with Crippen LogP contribution in [-0.4, -0.2) is 15.0 Å². The number of hydrogen-bond acceptors (Lipinski definition) is 5. The Kier molecular flexibility index (Phi) is 7.91. The lowest BCUT2D eigenvalue weighted by Gasteiger charge is -2.18. The van der Waals surface area contributed by atoms with Gasteiger partial charge in [-0.3, -0.25) is 0 Å². The molecule has 282 valence electrons. The Morgan fingerprint density at radius 1 is 0.350 bits per heavy atom. The number of aryl methyl sites for hydroxylation is 1. The highest BCUT2D eigenvalue weighted by atomic mass is 16.3. The summed E-state index contributed by atoms with van der Waals surface area (Å²) in [6.45, 7) is 0. The smallest absolute Gasteiger partial charge is 0.164 e. The number of hydrogen-bond donors (Lipinski definition) is 0. The van der Waals surface area contributed by atoms with Gasteiger partial charge in [0.2, 0.25) is 0 Å². The molecule has 3 aromatic heterocycles. The summed E-state index contributed by atoms with van der Waals surface area (Å²) in [4.78, 5) is 15.6. The number of para-hydroxylation sites is 1. The van der Waals surface area contributed by atoms with Gasteiger partial charge in [0, 0.05) is 32.7 Å². The van der Waals surface area contributed by atoms with Gasteiger partial charge < -0.3 is 8.83 Å². The number of allylic oxidation sites excluding steroid dienone is 1. The zero-order chi connectivity index (χ0) is 39.6. The van der Waals surface area contributed by atoms with Crippen LogP contribution in [0, 0.1) is 0 Å². The molecule has 11 aromatic rings. The molecule has 1 aliphatic carbocycles. The van der Waals surface area contributed by atoms with Crippen molar-refractivity contribution in [2.45, 2.75) is 12.8 Å². The summed E-state index contributed by atoms with van der Waals surface area (Å²) in [6, 6.07) is 63.4. The van der Waals surface area contributed by atoms with Crippen LogP contribution in [0.4, 0.5) is 0 Å². The van der Waals surface area contributed by atoms with E-state index in [0.717, 1.165) is 84.5 Å². The molecule has 0 spiro atoms. The van der Waals surface area contributed by atoms with Crippen LogP contribution < -0.4 is 0 Å². The van der Waals surface area contributed by atoms with Crippen molar-refractivity contribution in [3.05, 3.63) is 199 Å². The number of nitrogens with zero attached hydrogens (tertiary/aromatic N) is 3. The zero-order valence-corrected chi connectivity index (χ0v) is 32.5. The van der Waals surface area contributed by atoms with Crippen LogP contribution in [-0.2, 0) is 6.42 Å². The maximum atomic E-state index is 6.47. The van der Waals surface area contributed by atoms with Crippen molar-refractivity contribution in [1.82, 2.24) is 15.0 Å². The molecule has 0 N–H and O–H groups in total. The predicted molar refractivity (Wildman–Crippen MR) is 244 cm³/mol. The van der Waals surface area contributed by atoms with E-state index in [-0.39, 0.29) is 0 Å². The molecule has 0 saturated carbocycles. The van der Waals surface area contributed by atoms with Crippen LogP contribution in [0.15, 0.2) is 191 Å². The lowest BCUT2D eigenvalue weighted by Crippen LogP contribution is -2.06. The molecule has 0 aliphatic heterocycles. The van der Waals surface area contributed by atoms with Crippen LogP contribution in [0.25, 0.3) is 112 Å². The number of aromatic nitrogens is 3. The minimum atomic E-state index is 0.623. The Labute approximate surface area is 346 Å². The first-order valence-electron chi connectivity index (χ1n) is 20.4. The van der Waals surface area contributed by atoms with Gasteiger partial charge in [-0.15, -0.1) is 0 Å². The number of furan rings is 2. The summed E-state index contributed by atoms with van der Waals surface area (Å²) < 4.78 is 12.8. The summed E-state index contributed by atoms with van der Waals surface area (Å²) >= 11 is 0. The van der Waals surface area contributed by atoms with E-state index in [0.29, 0.717) is 17.5 Å². The SMILES string of the molecule is C1=C(c2nc(-c3ccc(-c4ccccc4)cc3)nc(-c3cccc4oc5ccccc5c34)n2)CCc2cc(-c3cccc4oc5cc(-c6ccccc6)ccc5c34)ccc21. The van der Waals surface area contributed by atoms with Crippen molar-refractivity contribution >= 4 is 55.5 Å². The Morgan fingerprint density at radius 3 is 1.72 bits per heavy atom.